The highest BCUT2D eigenvalue weighted by Gasteiger charge is 2.64. The largest absolute Gasteiger partial charge is 0.482 e. The number of nitrogens with zero attached hydrogens (tertiary/aromatic N) is 1. The first-order valence-electron chi connectivity index (χ1n) is 26.1. The van der Waals surface area contributed by atoms with E-state index in [1.807, 2.05) is 72.8 Å². The third-order valence-electron chi connectivity index (χ3n) is 17.6. The summed E-state index contributed by atoms with van der Waals surface area (Å²) >= 11 is 0. The Morgan fingerprint density at radius 2 is 1.28 bits per heavy atom. The first kappa shape index (κ1) is 52.0. The first-order valence-corrected chi connectivity index (χ1v) is 26.1. The van der Waals surface area contributed by atoms with Crippen molar-refractivity contribution in [3.8, 4) is 11.8 Å². The van der Waals surface area contributed by atoms with E-state index in [-0.39, 0.29) is 70.1 Å². The summed E-state index contributed by atoms with van der Waals surface area (Å²) in [7, 11) is 1.44. The van der Waals surface area contributed by atoms with Crippen LogP contribution in [0.15, 0.2) is 115 Å². The summed E-state index contributed by atoms with van der Waals surface area (Å²) in [5, 5.41) is 10.5. The number of benzene rings is 4. The van der Waals surface area contributed by atoms with Gasteiger partial charge in [-0.2, -0.15) is 5.26 Å². The average molecular weight is 974 g/mol. The Morgan fingerprint density at radius 1 is 0.694 bits per heavy atom. The molecular weight excluding hydrogens is 903 g/mol. The summed E-state index contributed by atoms with van der Waals surface area (Å²) in [6.07, 6.45) is 6.91. The predicted octanol–water partition coefficient (Wildman–Crippen LogP) is 12.5. The van der Waals surface area contributed by atoms with Crippen molar-refractivity contribution in [2.45, 2.75) is 130 Å². The number of Topliss-reactive ketones (excluding diaryl/α,β-unsaturated/α-hetero) is 2. The maximum atomic E-state index is 14.2. The summed E-state index contributed by atoms with van der Waals surface area (Å²) in [4.78, 5) is 66.7. The van der Waals surface area contributed by atoms with Gasteiger partial charge in [-0.1, -0.05) is 126 Å². The first-order chi connectivity index (χ1) is 34.4. The van der Waals surface area contributed by atoms with Gasteiger partial charge in [-0.3, -0.25) is 14.4 Å². The van der Waals surface area contributed by atoms with Crippen molar-refractivity contribution in [2.75, 3.05) is 13.7 Å². The smallest absolute Gasteiger partial charge is 0.349 e. The van der Waals surface area contributed by atoms with Crippen LogP contribution in [0.3, 0.4) is 0 Å². The lowest BCUT2D eigenvalue weighted by molar-refractivity contribution is -0.199. The molecule has 4 saturated carbocycles. The van der Waals surface area contributed by atoms with Crippen LogP contribution >= 0.6 is 0 Å². The van der Waals surface area contributed by atoms with Gasteiger partial charge < -0.3 is 18.9 Å². The van der Waals surface area contributed by atoms with E-state index in [9.17, 15) is 29.2 Å². The molecule has 10 atom stereocenters. The van der Waals surface area contributed by atoms with Crippen LogP contribution in [-0.2, 0) is 34.0 Å². The van der Waals surface area contributed by atoms with E-state index in [0.29, 0.717) is 65.9 Å². The summed E-state index contributed by atoms with van der Waals surface area (Å²) in [6, 6.07) is 35.0. The minimum absolute atomic E-state index is 0.00368. The molecule has 0 saturated heterocycles. The van der Waals surface area contributed by atoms with Crippen molar-refractivity contribution in [2.24, 2.45) is 46.3 Å². The van der Waals surface area contributed by atoms with Crippen LogP contribution in [0.5, 0.6) is 5.75 Å². The molecule has 10 nitrogen and oxygen atoms in total. The second-order valence-corrected chi connectivity index (χ2v) is 22.6. The molecule has 4 aliphatic rings. The van der Waals surface area contributed by atoms with Gasteiger partial charge in [0, 0.05) is 29.0 Å². The maximum Gasteiger partial charge on any atom is 0.349 e. The number of fused-ring (bicyclic) bond motifs is 5. The maximum absolute atomic E-state index is 14.2. The number of rotatable bonds is 16. The number of carbonyl (C=O) groups excluding carboxylic acids is 5. The fraction of sp³-hybridized carbons (Fsp3) is 0.484. The lowest BCUT2D eigenvalue weighted by atomic mass is 9.43. The van der Waals surface area contributed by atoms with Gasteiger partial charge in [0.1, 0.15) is 29.6 Å². The molecule has 0 bridgehead atoms. The molecule has 0 N–H and O–H groups in total. The van der Waals surface area contributed by atoms with Crippen molar-refractivity contribution in [3.63, 3.8) is 0 Å². The van der Waals surface area contributed by atoms with E-state index >= 15 is 0 Å². The normalized spacial score (nSPS) is 26.8. The number of esters is 3. The minimum atomic E-state index is -0.637. The van der Waals surface area contributed by atoms with Crippen LogP contribution in [0.2, 0.25) is 0 Å². The lowest BCUT2D eigenvalue weighted by Crippen LogP contribution is -2.59. The third-order valence-corrected chi connectivity index (χ3v) is 17.6. The van der Waals surface area contributed by atoms with Gasteiger partial charge in [0.15, 0.2) is 18.2 Å². The number of ketones is 2. The molecular formula is C62H71NO9. The highest BCUT2D eigenvalue weighted by atomic mass is 16.6. The molecule has 4 aromatic rings. The van der Waals surface area contributed by atoms with Crippen molar-refractivity contribution < 1.29 is 42.9 Å². The molecule has 0 spiro atoms. The summed E-state index contributed by atoms with van der Waals surface area (Å²) in [6.45, 7) is 13.1. The van der Waals surface area contributed by atoms with Gasteiger partial charge in [0.25, 0.3) is 0 Å². The lowest BCUT2D eigenvalue weighted by Gasteiger charge is -2.62. The molecule has 72 heavy (non-hydrogen) atoms. The molecule has 10 heteroatoms. The van der Waals surface area contributed by atoms with E-state index < -0.39 is 24.1 Å². The van der Waals surface area contributed by atoms with Crippen LogP contribution in [0.4, 0.5) is 0 Å². The second-order valence-electron chi connectivity index (χ2n) is 22.6. The molecule has 4 aliphatic carbocycles. The number of ether oxygens (including phenoxy) is 4. The number of nitriles is 1. The van der Waals surface area contributed by atoms with Gasteiger partial charge in [-0.05, 0) is 145 Å². The molecule has 4 fully saturated rings. The van der Waals surface area contributed by atoms with Gasteiger partial charge in [-0.15, -0.1) is 0 Å². The fourth-order valence-electron chi connectivity index (χ4n) is 13.7. The molecule has 0 amide bonds. The van der Waals surface area contributed by atoms with Gasteiger partial charge in [-0.25, -0.2) is 9.59 Å². The number of hydrogen-bond donors (Lipinski definition) is 0. The predicted molar refractivity (Wildman–Crippen MR) is 276 cm³/mol. The zero-order valence-corrected chi connectivity index (χ0v) is 43.1. The number of hydrogen-bond acceptors (Lipinski definition) is 10. The van der Waals surface area contributed by atoms with E-state index in [1.165, 1.54) is 7.11 Å². The number of methoxy groups -OCH3 is 1. The molecule has 0 aliphatic heterocycles. The average Bonchev–Trinajstić information content (AvgIpc) is 3.74. The van der Waals surface area contributed by atoms with Crippen LogP contribution in [0.25, 0.3) is 5.57 Å². The van der Waals surface area contributed by atoms with Crippen LogP contribution < -0.4 is 4.74 Å². The highest BCUT2D eigenvalue weighted by molar-refractivity contribution is 6.13. The van der Waals surface area contributed by atoms with E-state index in [1.54, 1.807) is 36.4 Å². The molecule has 8 rings (SSSR count). The van der Waals surface area contributed by atoms with Gasteiger partial charge in [0.05, 0.1) is 13.5 Å². The van der Waals surface area contributed by atoms with Crippen molar-refractivity contribution in [3.05, 3.63) is 143 Å². The Labute approximate surface area is 425 Å². The SMILES string of the molecule is COC(=O)CCC(C)C1CCC2C3C(OC(=O)COc4ccc(C(=O)CC(=O)c5ccc(C(C)(C)C)cc5)cc4)CC4CC(OC(=O)C(C#N)=C(c5ccccc5)c5ccccc5)CCC4(C)C3CCC12C. The Hall–Kier alpha value is -6.34. The van der Waals surface area contributed by atoms with Gasteiger partial charge >= 0.3 is 17.9 Å². The van der Waals surface area contributed by atoms with E-state index in [0.717, 1.165) is 55.2 Å². The Balaban J connectivity index is 0.980. The highest BCUT2D eigenvalue weighted by Crippen LogP contribution is 2.69. The summed E-state index contributed by atoms with van der Waals surface area (Å²) in [5.74, 6) is 0.0690. The molecule has 0 radical (unpaired) electrons. The monoisotopic (exact) mass is 974 g/mol. The molecule has 378 valence electrons. The summed E-state index contributed by atoms with van der Waals surface area (Å²) in [5.41, 5.74) is 3.85. The summed E-state index contributed by atoms with van der Waals surface area (Å²) < 4.78 is 24.0. The standard InChI is InChI=1S/C62H71NO9/c1-39(18-29-55(66)69-7)49-27-28-50-58-51(31-33-62(49,50)6)61(5)32-30-47(71-59(68)48(37-63)57(42-14-10-8-11-15-42)43-16-12-9-13-17-43)34-45(61)35-54(58)72-56(67)38-70-46-25-21-41(22-26-46)53(65)36-52(64)40-19-23-44(24-20-40)60(2,3)4/h8-17,19-26,39,45,47,49-51,54,58H,18,27-36,38H2,1-7H3. The van der Waals surface area contributed by atoms with Crippen molar-refractivity contribution in [1.82, 2.24) is 0 Å². The molecule has 10 unspecified atom stereocenters. The van der Waals surface area contributed by atoms with E-state index in [2.05, 4.69) is 47.6 Å². The van der Waals surface area contributed by atoms with Gasteiger partial charge in [0.2, 0.25) is 0 Å². The molecule has 0 aromatic heterocycles. The van der Waals surface area contributed by atoms with Crippen molar-refractivity contribution in [1.29, 1.82) is 5.26 Å². The van der Waals surface area contributed by atoms with Crippen molar-refractivity contribution >= 4 is 35.0 Å². The van der Waals surface area contributed by atoms with Crippen LogP contribution in [-0.4, -0.2) is 55.4 Å². The topological polar surface area (TPSA) is 146 Å². The zero-order chi connectivity index (χ0) is 51.4. The molecule has 4 aromatic carbocycles. The van der Waals surface area contributed by atoms with E-state index in [4.69, 9.17) is 18.9 Å². The zero-order valence-electron chi connectivity index (χ0n) is 43.1. The van der Waals surface area contributed by atoms with Crippen LogP contribution in [0.1, 0.15) is 150 Å². The third kappa shape index (κ3) is 11.0. The Morgan fingerprint density at radius 3 is 1.86 bits per heavy atom. The quantitative estimate of drug-likeness (QED) is 0.0265. The minimum Gasteiger partial charge on any atom is -0.482 e. The Kier molecular flexibility index (Phi) is 15.7. The fourth-order valence-corrected chi connectivity index (χ4v) is 13.7. The van der Waals surface area contributed by atoms with Crippen LogP contribution in [0, 0.1) is 57.7 Å². The Bertz CT molecular complexity index is 2640. The second kappa shape index (κ2) is 21.8. The molecule has 0 heterocycles. The number of carbonyl (C=O) groups is 5.